The fraction of sp³-hybridized carbons (Fsp3) is 0.375. The monoisotopic (exact) mass is 291 g/mol. The lowest BCUT2D eigenvalue weighted by Gasteiger charge is -2.06. The second-order valence-electron chi connectivity index (χ2n) is 4.78. The van der Waals surface area contributed by atoms with Gasteiger partial charge < -0.3 is 5.32 Å². The first kappa shape index (κ1) is 14.6. The fourth-order valence-electron chi connectivity index (χ4n) is 1.84. The van der Waals surface area contributed by atoms with Crippen LogP contribution < -0.4 is 5.32 Å². The van der Waals surface area contributed by atoms with Crippen LogP contribution in [0.1, 0.15) is 20.9 Å². The lowest BCUT2D eigenvalue weighted by molar-refractivity contribution is 0.741. The number of rotatable bonds is 6. The summed E-state index contributed by atoms with van der Waals surface area (Å²) in [4.78, 5) is 4.19. The Kier molecular flexibility index (Phi) is 5.49. The Bertz CT molecular complexity index is 531. The molecule has 1 nitrogen and oxygen atoms in total. The van der Waals surface area contributed by atoms with Gasteiger partial charge in [0.05, 0.1) is 0 Å². The number of hydrogen-bond acceptors (Lipinski definition) is 3. The maximum atomic E-state index is 3.50. The van der Waals surface area contributed by atoms with Crippen molar-refractivity contribution in [2.24, 2.45) is 0 Å². The van der Waals surface area contributed by atoms with Crippen molar-refractivity contribution in [3.63, 3.8) is 0 Å². The van der Waals surface area contributed by atoms with E-state index >= 15 is 0 Å². The molecule has 1 N–H and O–H groups in total. The molecule has 1 aromatic heterocycles. The van der Waals surface area contributed by atoms with Crippen molar-refractivity contribution in [1.82, 2.24) is 5.32 Å². The summed E-state index contributed by atoms with van der Waals surface area (Å²) in [6, 6.07) is 11.1. The fourth-order valence-corrected chi connectivity index (χ4v) is 3.60. The van der Waals surface area contributed by atoms with E-state index in [0.717, 1.165) is 18.8 Å². The van der Waals surface area contributed by atoms with Gasteiger partial charge in [0, 0.05) is 33.5 Å². The van der Waals surface area contributed by atoms with E-state index in [1.165, 1.54) is 25.8 Å². The van der Waals surface area contributed by atoms with Gasteiger partial charge in [-0.3, -0.25) is 0 Å². The molecule has 2 rings (SSSR count). The lowest BCUT2D eigenvalue weighted by Crippen LogP contribution is -2.15. The summed E-state index contributed by atoms with van der Waals surface area (Å²) in [5.74, 6) is 1.12. The molecule has 0 unspecified atom stereocenters. The van der Waals surface area contributed by atoms with Gasteiger partial charge in [0.25, 0.3) is 0 Å². The van der Waals surface area contributed by atoms with Crippen LogP contribution in [0, 0.1) is 20.8 Å². The topological polar surface area (TPSA) is 12.0 Å². The summed E-state index contributed by atoms with van der Waals surface area (Å²) in [6.45, 7) is 8.54. The minimum absolute atomic E-state index is 0.992. The Balaban J connectivity index is 1.67. The first-order valence-corrected chi connectivity index (χ1v) is 8.41. The van der Waals surface area contributed by atoms with Gasteiger partial charge in [-0.15, -0.1) is 23.1 Å². The Morgan fingerprint density at radius 1 is 1.05 bits per heavy atom. The third-order valence-electron chi connectivity index (χ3n) is 3.12. The molecular weight excluding hydrogens is 270 g/mol. The van der Waals surface area contributed by atoms with E-state index in [2.05, 4.69) is 56.4 Å². The molecule has 2 aromatic rings. The van der Waals surface area contributed by atoms with Crippen LogP contribution >= 0.6 is 23.1 Å². The zero-order valence-electron chi connectivity index (χ0n) is 11.8. The zero-order chi connectivity index (χ0) is 13.7. The molecule has 0 bridgehead atoms. The maximum absolute atomic E-state index is 3.50. The van der Waals surface area contributed by atoms with Gasteiger partial charge in [0.1, 0.15) is 0 Å². The molecule has 0 spiro atoms. The van der Waals surface area contributed by atoms with Crippen molar-refractivity contribution < 1.29 is 0 Å². The highest BCUT2D eigenvalue weighted by Crippen LogP contribution is 2.20. The normalized spacial score (nSPS) is 10.9. The van der Waals surface area contributed by atoms with Gasteiger partial charge in [-0.2, -0.15) is 0 Å². The van der Waals surface area contributed by atoms with Gasteiger partial charge in [-0.25, -0.2) is 0 Å². The highest BCUT2D eigenvalue weighted by atomic mass is 32.2. The van der Waals surface area contributed by atoms with Crippen molar-refractivity contribution >= 4 is 23.1 Å². The van der Waals surface area contributed by atoms with E-state index in [0.29, 0.717) is 0 Å². The number of hydrogen-bond donors (Lipinski definition) is 1. The van der Waals surface area contributed by atoms with Crippen LogP contribution in [-0.4, -0.2) is 12.3 Å². The zero-order valence-corrected chi connectivity index (χ0v) is 13.5. The number of thiophene rings is 1. The molecule has 0 amide bonds. The minimum atomic E-state index is 0.992. The van der Waals surface area contributed by atoms with E-state index in [4.69, 9.17) is 0 Å². The third-order valence-corrected chi connectivity index (χ3v) is 5.12. The molecule has 0 aliphatic rings. The van der Waals surface area contributed by atoms with Crippen LogP contribution in [0.4, 0.5) is 0 Å². The Morgan fingerprint density at radius 2 is 1.89 bits per heavy atom. The van der Waals surface area contributed by atoms with E-state index in [-0.39, 0.29) is 0 Å². The third kappa shape index (κ3) is 4.68. The summed E-state index contributed by atoms with van der Waals surface area (Å²) < 4.78 is 0. The number of thioether (sulfide) groups is 1. The van der Waals surface area contributed by atoms with Crippen molar-refractivity contribution in [2.75, 3.05) is 12.3 Å². The summed E-state index contributed by atoms with van der Waals surface area (Å²) in [7, 11) is 0. The van der Waals surface area contributed by atoms with Crippen molar-refractivity contribution in [1.29, 1.82) is 0 Å². The molecule has 1 aromatic carbocycles. The molecule has 102 valence electrons. The van der Waals surface area contributed by atoms with Gasteiger partial charge in [0.2, 0.25) is 0 Å². The SMILES string of the molecule is Cc1ccc(CNCCSc2ccc(C)c(C)c2)s1. The van der Waals surface area contributed by atoms with Crippen molar-refractivity contribution in [2.45, 2.75) is 32.2 Å². The Labute approximate surface area is 124 Å². The summed E-state index contributed by atoms with van der Waals surface area (Å²) in [5, 5.41) is 3.50. The highest BCUT2D eigenvalue weighted by molar-refractivity contribution is 7.99. The van der Waals surface area contributed by atoms with Crippen LogP contribution in [0.15, 0.2) is 35.2 Å². The van der Waals surface area contributed by atoms with E-state index < -0.39 is 0 Å². The summed E-state index contributed by atoms with van der Waals surface area (Å²) >= 11 is 3.80. The molecule has 0 aliphatic carbocycles. The second-order valence-corrected chi connectivity index (χ2v) is 7.32. The largest absolute Gasteiger partial charge is 0.311 e. The lowest BCUT2D eigenvalue weighted by atomic mass is 10.1. The Morgan fingerprint density at radius 3 is 2.58 bits per heavy atom. The molecule has 1 heterocycles. The number of benzene rings is 1. The number of aryl methyl sites for hydroxylation is 3. The predicted octanol–water partition coefficient (Wildman–Crippen LogP) is 4.56. The van der Waals surface area contributed by atoms with E-state index in [1.54, 1.807) is 0 Å². The van der Waals surface area contributed by atoms with Gasteiger partial charge in [-0.05, 0) is 56.2 Å². The average molecular weight is 291 g/mol. The molecule has 0 radical (unpaired) electrons. The average Bonchev–Trinajstić information content (AvgIpc) is 2.79. The molecule has 0 atom stereocenters. The van der Waals surface area contributed by atoms with Gasteiger partial charge in [0.15, 0.2) is 0 Å². The van der Waals surface area contributed by atoms with Crippen LogP contribution in [0.5, 0.6) is 0 Å². The molecular formula is C16H21NS2. The first-order valence-electron chi connectivity index (χ1n) is 6.61. The Hall–Kier alpha value is -0.770. The second kappa shape index (κ2) is 7.13. The molecule has 3 heteroatoms. The smallest absolute Gasteiger partial charge is 0.0300 e. The minimum Gasteiger partial charge on any atom is -0.311 e. The predicted molar refractivity (Wildman–Crippen MR) is 87.4 cm³/mol. The maximum Gasteiger partial charge on any atom is 0.0300 e. The van der Waals surface area contributed by atoms with Crippen LogP contribution in [0.3, 0.4) is 0 Å². The molecule has 19 heavy (non-hydrogen) atoms. The summed E-state index contributed by atoms with van der Waals surface area (Å²) in [6.07, 6.45) is 0. The summed E-state index contributed by atoms with van der Waals surface area (Å²) in [5.41, 5.74) is 2.75. The standard InChI is InChI=1S/C16H21NS2/c1-12-4-6-15(10-13(12)2)18-9-8-17-11-16-7-5-14(3)19-16/h4-7,10,17H,8-9,11H2,1-3H3. The van der Waals surface area contributed by atoms with E-state index in [9.17, 15) is 0 Å². The quantitative estimate of drug-likeness (QED) is 0.619. The molecule has 0 saturated heterocycles. The molecule has 0 fully saturated rings. The van der Waals surface area contributed by atoms with Crippen LogP contribution in [0.2, 0.25) is 0 Å². The van der Waals surface area contributed by atoms with Crippen molar-refractivity contribution in [3.05, 3.63) is 51.2 Å². The first-order chi connectivity index (χ1) is 9.15. The van der Waals surface area contributed by atoms with Crippen LogP contribution in [-0.2, 0) is 6.54 Å². The number of nitrogens with one attached hydrogen (secondary N) is 1. The van der Waals surface area contributed by atoms with Gasteiger partial charge >= 0.3 is 0 Å². The molecule has 0 saturated carbocycles. The van der Waals surface area contributed by atoms with Gasteiger partial charge in [-0.1, -0.05) is 6.07 Å². The van der Waals surface area contributed by atoms with Crippen LogP contribution in [0.25, 0.3) is 0 Å². The molecule has 0 aliphatic heterocycles. The van der Waals surface area contributed by atoms with E-state index in [1.807, 2.05) is 23.1 Å². The van der Waals surface area contributed by atoms with Crippen molar-refractivity contribution in [3.8, 4) is 0 Å². The highest BCUT2D eigenvalue weighted by Gasteiger charge is 1.98.